The van der Waals surface area contributed by atoms with Crippen LogP contribution in [0.4, 0.5) is 0 Å². The highest BCUT2D eigenvalue weighted by Gasteiger charge is 2.10. The maximum absolute atomic E-state index is 8.48. The van der Waals surface area contributed by atoms with E-state index in [1.54, 1.807) is 0 Å². The van der Waals surface area contributed by atoms with Gasteiger partial charge in [-0.3, -0.25) is 0 Å². The number of hydrogen-bond donors (Lipinski definition) is 0. The van der Waals surface area contributed by atoms with Gasteiger partial charge in [-0.1, -0.05) is 13.3 Å². The van der Waals surface area contributed by atoms with Gasteiger partial charge in [-0.25, -0.2) is 0 Å². The molecule has 0 spiro atoms. The average molecular weight is 291 g/mol. The number of hydrogen-bond acceptors (Lipinski definition) is 8. The van der Waals surface area contributed by atoms with Crippen LogP contribution in [-0.2, 0) is 0 Å². The van der Waals surface area contributed by atoms with Gasteiger partial charge in [0.05, 0.1) is 31.6 Å². The standard InChI is InChI=1S/C13H17N5O3/c1-2-3-8-19-11-16-12(20-9-4-6-14)18-13(17-11)21-10-5-7-15/h2-5,8-10H2,1H3. The lowest BCUT2D eigenvalue weighted by atomic mass is 10.4. The van der Waals surface area contributed by atoms with Crippen molar-refractivity contribution in [1.29, 1.82) is 10.5 Å². The van der Waals surface area contributed by atoms with Crippen molar-refractivity contribution < 1.29 is 14.2 Å². The molecule has 0 aromatic carbocycles. The molecule has 0 fully saturated rings. The highest BCUT2D eigenvalue weighted by atomic mass is 16.5. The summed E-state index contributed by atoms with van der Waals surface area (Å²) < 4.78 is 15.8. The van der Waals surface area contributed by atoms with Gasteiger partial charge >= 0.3 is 18.0 Å². The normalized spacial score (nSPS) is 9.48. The number of ether oxygens (including phenoxy) is 3. The molecule has 0 aliphatic rings. The second-order valence-corrected chi connectivity index (χ2v) is 3.90. The molecular weight excluding hydrogens is 274 g/mol. The Morgan fingerprint density at radius 3 is 1.62 bits per heavy atom. The van der Waals surface area contributed by atoms with Crippen LogP contribution in [0.5, 0.6) is 18.0 Å². The van der Waals surface area contributed by atoms with Crippen LogP contribution in [0.1, 0.15) is 32.6 Å². The first kappa shape index (κ1) is 16.4. The molecule has 0 unspecified atom stereocenters. The van der Waals surface area contributed by atoms with Crippen LogP contribution in [0.25, 0.3) is 0 Å². The summed E-state index contributed by atoms with van der Waals surface area (Å²) >= 11 is 0. The SMILES string of the molecule is CCCCOc1nc(OCCC#N)nc(OCCC#N)n1. The van der Waals surface area contributed by atoms with Gasteiger partial charge in [0.2, 0.25) is 0 Å². The van der Waals surface area contributed by atoms with E-state index in [1.807, 2.05) is 19.1 Å². The molecular formula is C13H17N5O3. The number of nitrogens with zero attached hydrogens (tertiary/aromatic N) is 5. The minimum absolute atomic E-state index is 0.0405. The first-order valence-electron chi connectivity index (χ1n) is 6.68. The van der Waals surface area contributed by atoms with Gasteiger partial charge in [0.1, 0.15) is 13.2 Å². The summed E-state index contributed by atoms with van der Waals surface area (Å²) in [6.07, 6.45) is 2.31. The molecule has 8 nitrogen and oxygen atoms in total. The summed E-state index contributed by atoms with van der Waals surface area (Å²) in [5.74, 6) is 0. The van der Waals surface area contributed by atoms with Gasteiger partial charge in [0.25, 0.3) is 0 Å². The zero-order valence-electron chi connectivity index (χ0n) is 11.9. The monoisotopic (exact) mass is 291 g/mol. The molecule has 0 bridgehead atoms. The minimum Gasteiger partial charge on any atom is -0.463 e. The lowest BCUT2D eigenvalue weighted by Crippen LogP contribution is -2.09. The maximum Gasteiger partial charge on any atom is 0.325 e. The Balaban J connectivity index is 2.70. The second kappa shape index (κ2) is 10.2. The molecule has 8 heteroatoms. The van der Waals surface area contributed by atoms with Crippen molar-refractivity contribution in [3.05, 3.63) is 0 Å². The summed E-state index contributed by atoms with van der Waals surface area (Å²) in [6, 6.07) is 4.10. The molecule has 0 radical (unpaired) electrons. The Hall–Kier alpha value is -2.61. The van der Waals surface area contributed by atoms with E-state index in [0.717, 1.165) is 12.8 Å². The minimum atomic E-state index is 0.0405. The molecule has 0 atom stereocenters. The van der Waals surface area contributed by atoms with E-state index in [0.29, 0.717) is 6.61 Å². The molecule has 1 rings (SSSR count). The summed E-state index contributed by atoms with van der Waals surface area (Å²) in [6.45, 7) is 2.87. The van der Waals surface area contributed by atoms with Gasteiger partial charge in [0, 0.05) is 0 Å². The topological polar surface area (TPSA) is 114 Å². The first-order chi connectivity index (χ1) is 10.3. The molecule has 0 N–H and O–H groups in total. The van der Waals surface area contributed by atoms with Crippen molar-refractivity contribution >= 4 is 0 Å². The van der Waals surface area contributed by atoms with E-state index in [2.05, 4.69) is 15.0 Å². The highest BCUT2D eigenvalue weighted by molar-refractivity contribution is 5.09. The van der Waals surface area contributed by atoms with Gasteiger partial charge < -0.3 is 14.2 Å². The molecule has 0 aliphatic carbocycles. The van der Waals surface area contributed by atoms with Crippen molar-refractivity contribution in [2.75, 3.05) is 19.8 Å². The molecule has 21 heavy (non-hydrogen) atoms. The van der Waals surface area contributed by atoms with Crippen molar-refractivity contribution in [3.63, 3.8) is 0 Å². The predicted octanol–water partition coefficient (Wildman–Crippen LogP) is 1.64. The van der Waals surface area contributed by atoms with Crippen LogP contribution in [0.15, 0.2) is 0 Å². The Morgan fingerprint density at radius 1 is 0.810 bits per heavy atom. The molecule has 112 valence electrons. The Morgan fingerprint density at radius 2 is 1.24 bits per heavy atom. The Bertz CT molecular complexity index is 471. The number of nitriles is 2. The van der Waals surface area contributed by atoms with Crippen molar-refractivity contribution in [2.45, 2.75) is 32.6 Å². The van der Waals surface area contributed by atoms with Gasteiger partial charge in [0.15, 0.2) is 0 Å². The van der Waals surface area contributed by atoms with E-state index in [-0.39, 0.29) is 44.1 Å². The average Bonchev–Trinajstić information content (AvgIpc) is 2.48. The smallest absolute Gasteiger partial charge is 0.325 e. The second-order valence-electron chi connectivity index (χ2n) is 3.90. The lowest BCUT2D eigenvalue weighted by molar-refractivity contribution is 0.237. The third-order valence-corrected chi connectivity index (χ3v) is 2.19. The van der Waals surface area contributed by atoms with Crippen molar-refractivity contribution in [2.24, 2.45) is 0 Å². The molecule has 0 amide bonds. The lowest BCUT2D eigenvalue weighted by Gasteiger charge is -2.08. The zero-order valence-corrected chi connectivity index (χ0v) is 11.9. The summed E-state index contributed by atoms with van der Waals surface area (Å²) in [5, 5.41) is 17.0. The van der Waals surface area contributed by atoms with Crippen molar-refractivity contribution in [1.82, 2.24) is 15.0 Å². The maximum atomic E-state index is 8.48. The zero-order chi connectivity index (χ0) is 15.3. The van der Waals surface area contributed by atoms with Gasteiger partial charge in [-0.2, -0.15) is 10.5 Å². The van der Waals surface area contributed by atoms with Crippen LogP contribution >= 0.6 is 0 Å². The van der Waals surface area contributed by atoms with E-state index in [4.69, 9.17) is 24.7 Å². The van der Waals surface area contributed by atoms with Gasteiger partial charge in [-0.05, 0) is 6.42 Å². The van der Waals surface area contributed by atoms with Crippen LogP contribution in [0.2, 0.25) is 0 Å². The Labute approximate surface area is 123 Å². The van der Waals surface area contributed by atoms with E-state index < -0.39 is 0 Å². The first-order valence-corrected chi connectivity index (χ1v) is 6.68. The summed E-state index contributed by atoms with van der Waals surface area (Å²) in [5.41, 5.74) is 0. The van der Waals surface area contributed by atoms with Crippen LogP contribution in [0, 0.1) is 22.7 Å². The van der Waals surface area contributed by atoms with Crippen LogP contribution < -0.4 is 14.2 Å². The molecule has 1 aromatic heterocycles. The van der Waals surface area contributed by atoms with Crippen LogP contribution in [0.3, 0.4) is 0 Å². The molecule has 0 saturated carbocycles. The van der Waals surface area contributed by atoms with E-state index >= 15 is 0 Å². The molecule has 1 heterocycles. The fourth-order valence-corrected chi connectivity index (χ4v) is 1.20. The Kier molecular flexibility index (Phi) is 8.00. The van der Waals surface area contributed by atoms with E-state index in [9.17, 15) is 0 Å². The third kappa shape index (κ3) is 6.92. The molecule has 0 saturated heterocycles. The predicted molar refractivity (Wildman–Crippen MR) is 71.7 cm³/mol. The highest BCUT2D eigenvalue weighted by Crippen LogP contribution is 2.15. The fraction of sp³-hybridized carbons (Fsp3) is 0.615. The number of unbranched alkanes of at least 4 members (excludes halogenated alkanes) is 1. The molecule has 0 aliphatic heterocycles. The fourth-order valence-electron chi connectivity index (χ4n) is 1.20. The third-order valence-electron chi connectivity index (χ3n) is 2.19. The number of rotatable bonds is 10. The summed E-state index contributed by atoms with van der Waals surface area (Å²) in [7, 11) is 0. The quantitative estimate of drug-likeness (QED) is 0.597. The largest absolute Gasteiger partial charge is 0.463 e. The van der Waals surface area contributed by atoms with Crippen molar-refractivity contribution in [3.8, 4) is 30.2 Å². The molecule has 1 aromatic rings. The van der Waals surface area contributed by atoms with E-state index in [1.165, 1.54) is 0 Å². The van der Waals surface area contributed by atoms with Crippen LogP contribution in [-0.4, -0.2) is 34.8 Å². The van der Waals surface area contributed by atoms with Gasteiger partial charge in [-0.15, -0.1) is 15.0 Å². The summed E-state index contributed by atoms with van der Waals surface area (Å²) in [4.78, 5) is 11.9. The number of aromatic nitrogens is 3.